The number of sulfonamides is 1. The lowest BCUT2D eigenvalue weighted by atomic mass is 10.2. The van der Waals surface area contributed by atoms with E-state index in [1.54, 1.807) is 12.1 Å². The summed E-state index contributed by atoms with van der Waals surface area (Å²) in [6, 6.07) is 11.4. The second-order valence-electron chi connectivity index (χ2n) is 6.13. The Morgan fingerprint density at radius 3 is 2.55 bits per heavy atom. The van der Waals surface area contributed by atoms with E-state index in [2.05, 4.69) is 16.0 Å². The summed E-state index contributed by atoms with van der Waals surface area (Å²) in [5.74, 6) is -0.965. The predicted octanol–water partition coefficient (Wildman–Crippen LogP) is 1.79. The SMILES string of the molecule is Cc1ccc(S(=O)(=O)N(C)CC(=O)NNC(=O)c2cc(-c3cccs3)on2)cc1. The van der Waals surface area contributed by atoms with Crippen molar-refractivity contribution in [2.75, 3.05) is 13.6 Å². The lowest BCUT2D eigenvalue weighted by molar-refractivity contribution is -0.121. The maximum Gasteiger partial charge on any atom is 0.291 e. The van der Waals surface area contributed by atoms with Gasteiger partial charge in [0, 0.05) is 13.1 Å². The summed E-state index contributed by atoms with van der Waals surface area (Å²) in [4.78, 5) is 25.0. The molecule has 0 spiro atoms. The minimum atomic E-state index is -3.83. The summed E-state index contributed by atoms with van der Waals surface area (Å²) in [6.45, 7) is 1.37. The highest BCUT2D eigenvalue weighted by molar-refractivity contribution is 7.89. The minimum absolute atomic E-state index is 0.0191. The quantitative estimate of drug-likeness (QED) is 0.571. The molecule has 0 atom stereocenters. The monoisotopic (exact) mass is 434 g/mol. The van der Waals surface area contributed by atoms with Crippen molar-refractivity contribution in [3.8, 4) is 10.6 Å². The summed E-state index contributed by atoms with van der Waals surface area (Å²) in [6.07, 6.45) is 0. The van der Waals surface area contributed by atoms with Crippen molar-refractivity contribution in [2.24, 2.45) is 0 Å². The molecule has 2 N–H and O–H groups in total. The van der Waals surface area contributed by atoms with E-state index in [4.69, 9.17) is 4.52 Å². The number of carbonyl (C=O) groups excluding carboxylic acids is 2. The Kier molecular flexibility index (Phi) is 6.11. The second kappa shape index (κ2) is 8.55. The fraction of sp³-hybridized carbons (Fsp3) is 0.167. The van der Waals surface area contributed by atoms with Crippen molar-refractivity contribution in [1.29, 1.82) is 0 Å². The van der Waals surface area contributed by atoms with Crippen LogP contribution in [0, 0.1) is 6.92 Å². The molecule has 0 saturated heterocycles. The van der Waals surface area contributed by atoms with E-state index in [9.17, 15) is 18.0 Å². The predicted molar refractivity (Wildman–Crippen MR) is 106 cm³/mol. The Bertz CT molecular complexity index is 1110. The molecule has 0 unspecified atom stereocenters. The van der Waals surface area contributed by atoms with Gasteiger partial charge in [-0.2, -0.15) is 4.31 Å². The number of aryl methyl sites for hydroxylation is 1. The van der Waals surface area contributed by atoms with E-state index in [1.165, 1.54) is 36.6 Å². The van der Waals surface area contributed by atoms with Gasteiger partial charge in [-0.15, -0.1) is 11.3 Å². The second-order valence-corrected chi connectivity index (χ2v) is 9.12. The molecule has 9 nitrogen and oxygen atoms in total. The first kappa shape index (κ1) is 20.7. The molecule has 3 rings (SSSR count). The molecule has 0 saturated carbocycles. The highest BCUT2D eigenvalue weighted by Crippen LogP contribution is 2.25. The Hall–Kier alpha value is -3.02. The molecule has 1 aromatic carbocycles. The summed E-state index contributed by atoms with van der Waals surface area (Å²) in [5.41, 5.74) is 5.25. The Balaban J connectivity index is 1.55. The van der Waals surface area contributed by atoms with Crippen LogP contribution in [-0.4, -0.2) is 43.3 Å². The van der Waals surface area contributed by atoms with Crippen LogP contribution in [0.1, 0.15) is 16.1 Å². The number of aromatic nitrogens is 1. The zero-order chi connectivity index (χ0) is 21.0. The number of likely N-dealkylation sites (N-methyl/N-ethyl adjacent to an activating group) is 1. The lowest BCUT2D eigenvalue weighted by Gasteiger charge is -2.17. The molecule has 29 heavy (non-hydrogen) atoms. The van der Waals surface area contributed by atoms with Crippen LogP contribution < -0.4 is 10.9 Å². The van der Waals surface area contributed by atoms with Crippen molar-refractivity contribution in [2.45, 2.75) is 11.8 Å². The van der Waals surface area contributed by atoms with Crippen LogP contribution in [0.25, 0.3) is 10.6 Å². The third-order valence-corrected chi connectivity index (χ3v) is 6.62. The standard InChI is InChI=1S/C18H18N4O5S2/c1-12-5-7-13(8-6-12)29(25,26)22(2)11-17(23)19-20-18(24)14-10-15(27-21-14)16-4-3-9-28-16/h3-10H,11H2,1-2H3,(H,19,23)(H,20,24). The Morgan fingerprint density at radius 1 is 1.17 bits per heavy atom. The largest absolute Gasteiger partial charge is 0.355 e. The van der Waals surface area contributed by atoms with Crippen molar-refractivity contribution < 1.29 is 22.5 Å². The Morgan fingerprint density at radius 2 is 1.90 bits per heavy atom. The maximum absolute atomic E-state index is 12.5. The van der Waals surface area contributed by atoms with Gasteiger partial charge in [0.2, 0.25) is 10.0 Å². The van der Waals surface area contributed by atoms with Gasteiger partial charge >= 0.3 is 0 Å². The van der Waals surface area contributed by atoms with Gasteiger partial charge in [-0.05, 0) is 30.5 Å². The third kappa shape index (κ3) is 4.88. The zero-order valence-electron chi connectivity index (χ0n) is 15.6. The molecule has 0 aliphatic rings. The number of nitrogens with zero attached hydrogens (tertiary/aromatic N) is 2. The number of hydrazine groups is 1. The van der Waals surface area contributed by atoms with Gasteiger partial charge in [0.1, 0.15) is 0 Å². The first-order valence-corrected chi connectivity index (χ1v) is 10.7. The molecular formula is C18H18N4O5S2. The van der Waals surface area contributed by atoms with Gasteiger partial charge in [0.15, 0.2) is 11.5 Å². The van der Waals surface area contributed by atoms with E-state index >= 15 is 0 Å². The third-order valence-electron chi connectivity index (χ3n) is 3.92. The molecule has 11 heteroatoms. The normalized spacial score (nSPS) is 11.4. The first-order chi connectivity index (χ1) is 13.8. The van der Waals surface area contributed by atoms with Crippen molar-refractivity contribution in [3.05, 3.63) is 59.1 Å². The number of amides is 2. The average molecular weight is 434 g/mol. The molecule has 0 aliphatic carbocycles. The van der Waals surface area contributed by atoms with Crippen molar-refractivity contribution in [1.82, 2.24) is 20.3 Å². The summed E-state index contributed by atoms with van der Waals surface area (Å²) < 4.78 is 31.0. The van der Waals surface area contributed by atoms with Crippen LogP contribution in [0.15, 0.2) is 57.3 Å². The van der Waals surface area contributed by atoms with E-state index in [1.807, 2.05) is 24.4 Å². The number of rotatable bonds is 6. The van der Waals surface area contributed by atoms with Crippen LogP contribution in [0.4, 0.5) is 0 Å². The molecule has 152 valence electrons. The Labute approximate surface area is 171 Å². The molecule has 2 amide bonds. The van der Waals surface area contributed by atoms with Gasteiger partial charge in [0.25, 0.3) is 11.8 Å². The number of nitrogens with one attached hydrogen (secondary N) is 2. The van der Waals surface area contributed by atoms with Crippen molar-refractivity contribution in [3.63, 3.8) is 0 Å². The van der Waals surface area contributed by atoms with Crippen molar-refractivity contribution >= 4 is 33.2 Å². The van der Waals surface area contributed by atoms with E-state index in [-0.39, 0.29) is 10.6 Å². The zero-order valence-corrected chi connectivity index (χ0v) is 17.2. The topological polar surface area (TPSA) is 122 Å². The van der Waals surface area contributed by atoms with E-state index in [0.717, 1.165) is 14.7 Å². The highest BCUT2D eigenvalue weighted by Gasteiger charge is 2.23. The molecule has 2 aromatic heterocycles. The summed E-state index contributed by atoms with van der Waals surface area (Å²) in [5, 5.41) is 5.52. The molecule has 3 aromatic rings. The fourth-order valence-corrected chi connectivity index (χ4v) is 4.12. The van der Waals surface area contributed by atoms with Gasteiger partial charge in [-0.3, -0.25) is 20.4 Å². The van der Waals surface area contributed by atoms with Crippen LogP contribution in [0.3, 0.4) is 0 Å². The van der Waals surface area contributed by atoms with Crippen LogP contribution in [0.2, 0.25) is 0 Å². The van der Waals surface area contributed by atoms with Crippen LogP contribution in [-0.2, 0) is 14.8 Å². The molecule has 0 bridgehead atoms. The number of carbonyl (C=O) groups is 2. The van der Waals surface area contributed by atoms with Crippen LogP contribution >= 0.6 is 11.3 Å². The number of hydrogen-bond acceptors (Lipinski definition) is 7. The summed E-state index contributed by atoms with van der Waals surface area (Å²) in [7, 11) is -2.55. The van der Waals surface area contributed by atoms with Gasteiger partial charge < -0.3 is 4.52 Å². The molecule has 2 heterocycles. The smallest absolute Gasteiger partial charge is 0.291 e. The number of hydrogen-bond donors (Lipinski definition) is 2. The molecule has 0 aliphatic heterocycles. The highest BCUT2D eigenvalue weighted by atomic mass is 32.2. The maximum atomic E-state index is 12.5. The van der Waals surface area contributed by atoms with E-state index < -0.39 is 28.4 Å². The van der Waals surface area contributed by atoms with Gasteiger partial charge in [-0.1, -0.05) is 28.9 Å². The minimum Gasteiger partial charge on any atom is -0.355 e. The molecular weight excluding hydrogens is 416 g/mol. The van der Waals surface area contributed by atoms with E-state index in [0.29, 0.717) is 5.76 Å². The summed E-state index contributed by atoms with van der Waals surface area (Å²) >= 11 is 1.43. The average Bonchev–Trinajstić information content (AvgIpc) is 3.38. The molecule has 0 radical (unpaired) electrons. The van der Waals surface area contributed by atoms with Gasteiger partial charge in [-0.25, -0.2) is 8.42 Å². The fourth-order valence-electron chi connectivity index (χ4n) is 2.32. The number of benzene rings is 1. The van der Waals surface area contributed by atoms with Crippen LogP contribution in [0.5, 0.6) is 0 Å². The lowest BCUT2D eigenvalue weighted by Crippen LogP contribution is -2.46. The van der Waals surface area contributed by atoms with Gasteiger partial charge in [0.05, 0.1) is 16.3 Å². The first-order valence-electron chi connectivity index (χ1n) is 8.40. The molecule has 0 fully saturated rings. The number of thiophene rings is 1.